The van der Waals surface area contributed by atoms with Crippen LogP contribution >= 0.6 is 0 Å². The number of aromatic nitrogens is 2. The van der Waals surface area contributed by atoms with Crippen molar-refractivity contribution in [1.82, 2.24) is 20.2 Å². The maximum Gasteiger partial charge on any atom is 0.270 e. The zero-order valence-electron chi connectivity index (χ0n) is 14.0. The van der Waals surface area contributed by atoms with Gasteiger partial charge in [0.25, 0.3) is 5.91 Å². The number of carbonyl (C=O) groups excluding carboxylic acids is 1. The largest absolute Gasteiger partial charge is 0.369 e. The molecule has 0 spiro atoms. The van der Waals surface area contributed by atoms with Crippen LogP contribution in [0.2, 0.25) is 0 Å². The fraction of sp³-hybridized carbons (Fsp3) is 0.389. The third-order valence-corrected chi connectivity index (χ3v) is 4.32. The number of nitrogens with one attached hydrogen (secondary N) is 1. The van der Waals surface area contributed by atoms with E-state index in [0.717, 1.165) is 44.1 Å². The maximum absolute atomic E-state index is 12.3. The molecule has 1 aliphatic heterocycles. The number of carbonyl (C=O) groups is 1. The highest BCUT2D eigenvalue weighted by atomic mass is 16.1. The van der Waals surface area contributed by atoms with Gasteiger partial charge >= 0.3 is 0 Å². The van der Waals surface area contributed by atoms with Crippen LogP contribution in [0.4, 0.5) is 5.69 Å². The van der Waals surface area contributed by atoms with E-state index in [4.69, 9.17) is 0 Å². The first kappa shape index (κ1) is 16.4. The van der Waals surface area contributed by atoms with Crippen LogP contribution in [0.1, 0.15) is 23.1 Å². The first-order valence-electron chi connectivity index (χ1n) is 8.37. The van der Waals surface area contributed by atoms with Crippen LogP contribution in [-0.4, -0.2) is 53.5 Å². The topological polar surface area (TPSA) is 61.4 Å². The van der Waals surface area contributed by atoms with Gasteiger partial charge in [0, 0.05) is 44.3 Å². The Morgan fingerprint density at radius 2 is 1.96 bits per heavy atom. The predicted octanol–water partition coefficient (Wildman–Crippen LogP) is 1.55. The van der Waals surface area contributed by atoms with E-state index in [-0.39, 0.29) is 5.91 Å². The van der Waals surface area contributed by atoms with Gasteiger partial charge in [-0.1, -0.05) is 13.0 Å². The van der Waals surface area contributed by atoms with Gasteiger partial charge in [-0.15, -0.1) is 0 Å². The molecule has 2 aromatic heterocycles. The molecule has 6 nitrogen and oxygen atoms in total. The van der Waals surface area contributed by atoms with Gasteiger partial charge in [0.1, 0.15) is 5.69 Å². The van der Waals surface area contributed by atoms with Gasteiger partial charge in [-0.05, 0) is 30.8 Å². The maximum atomic E-state index is 12.3. The monoisotopic (exact) mass is 325 g/mol. The van der Waals surface area contributed by atoms with E-state index >= 15 is 0 Å². The lowest BCUT2D eigenvalue weighted by atomic mass is 10.2. The minimum absolute atomic E-state index is 0.172. The number of amides is 1. The van der Waals surface area contributed by atoms with E-state index in [1.54, 1.807) is 12.4 Å². The summed E-state index contributed by atoms with van der Waals surface area (Å²) in [5.74, 6) is -0.172. The van der Waals surface area contributed by atoms with Crippen molar-refractivity contribution in [2.45, 2.75) is 13.5 Å². The van der Waals surface area contributed by atoms with Crippen molar-refractivity contribution < 1.29 is 4.79 Å². The molecular formula is C18H23N5O. The van der Waals surface area contributed by atoms with Crippen molar-refractivity contribution in [1.29, 1.82) is 0 Å². The molecule has 0 unspecified atom stereocenters. The molecule has 1 saturated heterocycles. The molecule has 6 heteroatoms. The number of likely N-dealkylation sites (N-methyl/N-ethyl adjacent to an activating group) is 1. The molecule has 3 heterocycles. The van der Waals surface area contributed by atoms with Crippen LogP contribution in [0.15, 0.2) is 42.7 Å². The van der Waals surface area contributed by atoms with Crippen molar-refractivity contribution in [2.24, 2.45) is 0 Å². The second-order valence-electron chi connectivity index (χ2n) is 5.82. The second-order valence-corrected chi connectivity index (χ2v) is 5.82. The van der Waals surface area contributed by atoms with Gasteiger partial charge in [0.15, 0.2) is 0 Å². The van der Waals surface area contributed by atoms with E-state index < -0.39 is 0 Å². The van der Waals surface area contributed by atoms with Crippen LogP contribution in [0.3, 0.4) is 0 Å². The molecule has 0 atom stereocenters. The van der Waals surface area contributed by atoms with Crippen molar-refractivity contribution in [3.63, 3.8) is 0 Å². The molecule has 126 valence electrons. The average Bonchev–Trinajstić information content (AvgIpc) is 2.67. The van der Waals surface area contributed by atoms with E-state index in [1.165, 1.54) is 0 Å². The number of hydrogen-bond acceptors (Lipinski definition) is 5. The van der Waals surface area contributed by atoms with Gasteiger partial charge in [0.05, 0.1) is 12.2 Å². The van der Waals surface area contributed by atoms with Gasteiger partial charge < -0.3 is 15.1 Å². The first-order valence-corrected chi connectivity index (χ1v) is 8.37. The number of hydrogen-bond donors (Lipinski definition) is 1. The molecule has 2 aromatic rings. The normalized spacial score (nSPS) is 15.3. The van der Waals surface area contributed by atoms with Gasteiger partial charge in [-0.2, -0.15) is 0 Å². The smallest absolute Gasteiger partial charge is 0.270 e. The van der Waals surface area contributed by atoms with Crippen LogP contribution in [0, 0.1) is 0 Å². The quantitative estimate of drug-likeness (QED) is 0.904. The molecule has 0 saturated carbocycles. The summed E-state index contributed by atoms with van der Waals surface area (Å²) in [6.07, 6.45) is 3.42. The summed E-state index contributed by atoms with van der Waals surface area (Å²) in [5.41, 5.74) is 2.34. The number of rotatable bonds is 5. The number of nitrogens with zero attached hydrogens (tertiary/aromatic N) is 4. The highest BCUT2D eigenvalue weighted by Crippen LogP contribution is 2.16. The Morgan fingerprint density at radius 1 is 1.12 bits per heavy atom. The van der Waals surface area contributed by atoms with E-state index in [9.17, 15) is 4.79 Å². The summed E-state index contributed by atoms with van der Waals surface area (Å²) < 4.78 is 0. The zero-order valence-corrected chi connectivity index (χ0v) is 14.0. The number of pyridine rings is 2. The van der Waals surface area contributed by atoms with E-state index in [2.05, 4.69) is 32.0 Å². The molecule has 1 amide bonds. The molecule has 1 fully saturated rings. The zero-order chi connectivity index (χ0) is 16.8. The Kier molecular flexibility index (Phi) is 5.38. The third kappa shape index (κ3) is 4.08. The molecular weight excluding hydrogens is 302 g/mol. The summed E-state index contributed by atoms with van der Waals surface area (Å²) in [7, 11) is 0. The van der Waals surface area contributed by atoms with Crippen LogP contribution in [0.5, 0.6) is 0 Å². The van der Waals surface area contributed by atoms with E-state index in [1.807, 2.05) is 30.3 Å². The van der Waals surface area contributed by atoms with E-state index in [0.29, 0.717) is 12.2 Å². The second kappa shape index (κ2) is 7.88. The lowest BCUT2D eigenvalue weighted by Gasteiger charge is -2.35. The minimum atomic E-state index is -0.172. The summed E-state index contributed by atoms with van der Waals surface area (Å²) in [6.45, 7) is 7.75. The summed E-state index contributed by atoms with van der Waals surface area (Å²) in [6, 6.07) is 9.49. The predicted molar refractivity (Wildman–Crippen MR) is 94.0 cm³/mol. The Hall–Kier alpha value is -2.47. The molecule has 0 radical (unpaired) electrons. The summed E-state index contributed by atoms with van der Waals surface area (Å²) >= 11 is 0. The van der Waals surface area contributed by atoms with Crippen molar-refractivity contribution in [3.8, 4) is 0 Å². The Balaban J connectivity index is 1.61. The van der Waals surface area contributed by atoms with Gasteiger partial charge in [-0.25, -0.2) is 0 Å². The molecule has 0 bridgehead atoms. The minimum Gasteiger partial charge on any atom is -0.369 e. The molecule has 1 N–H and O–H groups in total. The Labute approximate surface area is 142 Å². The van der Waals surface area contributed by atoms with Crippen molar-refractivity contribution in [2.75, 3.05) is 37.6 Å². The fourth-order valence-electron chi connectivity index (χ4n) is 2.83. The lowest BCUT2D eigenvalue weighted by Crippen LogP contribution is -2.46. The molecule has 3 rings (SSSR count). The number of anilines is 1. The molecule has 0 aromatic carbocycles. The highest BCUT2D eigenvalue weighted by molar-refractivity contribution is 5.93. The molecule has 24 heavy (non-hydrogen) atoms. The number of piperazine rings is 1. The summed E-state index contributed by atoms with van der Waals surface area (Å²) in [5, 5.41) is 2.87. The van der Waals surface area contributed by atoms with Crippen LogP contribution < -0.4 is 10.2 Å². The Morgan fingerprint density at radius 3 is 2.67 bits per heavy atom. The fourth-order valence-corrected chi connectivity index (χ4v) is 2.83. The van der Waals surface area contributed by atoms with Crippen LogP contribution in [-0.2, 0) is 6.54 Å². The SMILES string of the molecule is CCN1CCN(c2ccnc(C(=O)NCc3ccccn3)c2)CC1. The molecule has 1 aliphatic rings. The van der Waals surface area contributed by atoms with Gasteiger partial charge in [-0.3, -0.25) is 14.8 Å². The Bertz CT molecular complexity index is 668. The van der Waals surface area contributed by atoms with Crippen molar-refractivity contribution >= 4 is 11.6 Å². The standard InChI is InChI=1S/C18H23N5O/c1-2-22-9-11-23(12-10-22)16-6-8-20-17(13-16)18(24)21-14-15-5-3-4-7-19-15/h3-8,13H,2,9-12,14H2,1H3,(H,21,24). The third-order valence-electron chi connectivity index (χ3n) is 4.32. The lowest BCUT2D eigenvalue weighted by molar-refractivity contribution is 0.0945. The highest BCUT2D eigenvalue weighted by Gasteiger charge is 2.17. The average molecular weight is 325 g/mol. The molecule has 0 aliphatic carbocycles. The summed E-state index contributed by atoms with van der Waals surface area (Å²) in [4.78, 5) is 25.5. The first-order chi connectivity index (χ1) is 11.8. The van der Waals surface area contributed by atoms with Crippen molar-refractivity contribution in [3.05, 3.63) is 54.1 Å². The van der Waals surface area contributed by atoms with Gasteiger partial charge in [0.2, 0.25) is 0 Å². The van der Waals surface area contributed by atoms with Crippen LogP contribution in [0.25, 0.3) is 0 Å².